The predicted molar refractivity (Wildman–Crippen MR) is 113 cm³/mol. The van der Waals surface area contributed by atoms with E-state index in [2.05, 4.69) is 49.8 Å². The molecule has 1 N–H and O–H groups in total. The van der Waals surface area contributed by atoms with Gasteiger partial charge in [0.25, 0.3) is 0 Å². The predicted octanol–water partition coefficient (Wildman–Crippen LogP) is 3.48. The lowest BCUT2D eigenvalue weighted by Crippen LogP contribution is -2.26. The average molecular weight is 403 g/mol. The fraction of sp³-hybridized carbons (Fsp3) is 0.409. The van der Waals surface area contributed by atoms with Crippen LogP contribution in [0.3, 0.4) is 0 Å². The Balaban J connectivity index is 1.90. The maximum absolute atomic E-state index is 12.4. The fourth-order valence-corrected chi connectivity index (χ4v) is 3.60. The van der Waals surface area contributed by atoms with Gasteiger partial charge in [0.05, 0.1) is 4.90 Å². The van der Waals surface area contributed by atoms with E-state index in [0.29, 0.717) is 19.4 Å². The Hall–Kier alpha value is -2.18. The number of carbonyl (C=O) groups excluding carboxylic acids is 1. The van der Waals surface area contributed by atoms with E-state index in [1.165, 1.54) is 12.6 Å². The lowest BCUT2D eigenvalue weighted by Gasteiger charge is -2.21. The summed E-state index contributed by atoms with van der Waals surface area (Å²) in [6.45, 7) is 7.11. The first kappa shape index (κ1) is 22.1. The monoisotopic (exact) mass is 402 g/mol. The molecule has 2 aromatic rings. The Morgan fingerprint density at radius 1 is 0.964 bits per heavy atom. The zero-order valence-electron chi connectivity index (χ0n) is 17.3. The molecule has 5 nitrogen and oxygen atoms in total. The van der Waals surface area contributed by atoms with Crippen molar-refractivity contribution in [1.82, 2.24) is 9.62 Å². The molecule has 0 aliphatic rings. The zero-order valence-corrected chi connectivity index (χ0v) is 18.1. The van der Waals surface area contributed by atoms with Crippen molar-refractivity contribution in [3.05, 3.63) is 65.2 Å². The van der Waals surface area contributed by atoms with Crippen molar-refractivity contribution in [1.29, 1.82) is 0 Å². The molecule has 152 valence electrons. The van der Waals surface area contributed by atoms with E-state index in [-0.39, 0.29) is 16.2 Å². The molecule has 0 spiro atoms. The van der Waals surface area contributed by atoms with Crippen LogP contribution in [0.4, 0.5) is 0 Å². The number of rotatable bonds is 7. The summed E-state index contributed by atoms with van der Waals surface area (Å²) in [6.07, 6.45) is 0.959. The molecule has 1 amide bonds. The SMILES string of the molecule is CNS(=O)(=O)c1ccc(CCC(=O)N(C)Cc2ccc(C(C)(C)C)cc2)cc1. The maximum atomic E-state index is 12.4. The second-order valence-electron chi connectivity index (χ2n) is 8.05. The van der Waals surface area contributed by atoms with Gasteiger partial charge in [-0.15, -0.1) is 0 Å². The highest BCUT2D eigenvalue weighted by Gasteiger charge is 2.15. The third-order valence-corrected chi connectivity index (χ3v) is 6.23. The topological polar surface area (TPSA) is 66.5 Å². The Morgan fingerprint density at radius 2 is 1.50 bits per heavy atom. The quantitative estimate of drug-likeness (QED) is 0.771. The van der Waals surface area contributed by atoms with Crippen molar-refractivity contribution in [3.63, 3.8) is 0 Å². The molecular formula is C22H30N2O3S. The number of aryl methyl sites for hydroxylation is 1. The number of amides is 1. The van der Waals surface area contributed by atoms with Gasteiger partial charge in [0, 0.05) is 20.0 Å². The molecular weight excluding hydrogens is 372 g/mol. The summed E-state index contributed by atoms with van der Waals surface area (Å²) in [5.74, 6) is 0.0619. The highest BCUT2D eigenvalue weighted by atomic mass is 32.2. The Morgan fingerprint density at radius 3 is 2.00 bits per heavy atom. The van der Waals surface area contributed by atoms with Crippen LogP contribution in [0, 0.1) is 0 Å². The summed E-state index contributed by atoms with van der Waals surface area (Å²) < 4.78 is 25.8. The first-order valence-corrected chi connectivity index (χ1v) is 10.9. The Bertz CT molecular complexity index is 896. The molecule has 0 fully saturated rings. The summed E-state index contributed by atoms with van der Waals surface area (Å²) in [5, 5.41) is 0. The number of hydrogen-bond acceptors (Lipinski definition) is 3. The van der Waals surface area contributed by atoms with Crippen LogP contribution in [0.2, 0.25) is 0 Å². The van der Waals surface area contributed by atoms with Gasteiger partial charge in [0.1, 0.15) is 0 Å². The normalized spacial score (nSPS) is 12.0. The highest BCUT2D eigenvalue weighted by molar-refractivity contribution is 7.89. The first-order chi connectivity index (χ1) is 13.0. The van der Waals surface area contributed by atoms with Crippen molar-refractivity contribution in [2.24, 2.45) is 0 Å². The van der Waals surface area contributed by atoms with E-state index >= 15 is 0 Å². The summed E-state index contributed by atoms with van der Waals surface area (Å²) >= 11 is 0. The van der Waals surface area contributed by atoms with Crippen molar-refractivity contribution in [3.8, 4) is 0 Å². The van der Waals surface area contributed by atoms with Crippen LogP contribution < -0.4 is 4.72 Å². The molecule has 0 atom stereocenters. The van der Waals surface area contributed by atoms with Gasteiger partial charge in [-0.2, -0.15) is 0 Å². The van der Waals surface area contributed by atoms with E-state index < -0.39 is 10.0 Å². The number of nitrogens with one attached hydrogen (secondary N) is 1. The number of nitrogens with zero attached hydrogens (tertiary/aromatic N) is 1. The minimum Gasteiger partial charge on any atom is -0.341 e. The molecule has 0 aliphatic carbocycles. The van der Waals surface area contributed by atoms with Crippen LogP contribution in [0.15, 0.2) is 53.4 Å². The van der Waals surface area contributed by atoms with Gasteiger partial charge in [-0.1, -0.05) is 57.2 Å². The molecule has 28 heavy (non-hydrogen) atoms. The van der Waals surface area contributed by atoms with Gasteiger partial charge >= 0.3 is 0 Å². The largest absolute Gasteiger partial charge is 0.341 e. The molecule has 2 aromatic carbocycles. The fourth-order valence-electron chi connectivity index (χ4n) is 2.87. The molecule has 0 aliphatic heterocycles. The third-order valence-electron chi connectivity index (χ3n) is 4.80. The summed E-state index contributed by atoms with van der Waals surface area (Å²) in [4.78, 5) is 14.4. The summed E-state index contributed by atoms with van der Waals surface area (Å²) in [5.41, 5.74) is 3.42. The molecule has 0 radical (unpaired) electrons. The second kappa shape index (κ2) is 8.88. The van der Waals surface area contributed by atoms with Crippen molar-refractivity contribution >= 4 is 15.9 Å². The van der Waals surface area contributed by atoms with E-state index in [4.69, 9.17) is 0 Å². The minimum absolute atomic E-state index is 0.0619. The van der Waals surface area contributed by atoms with E-state index in [9.17, 15) is 13.2 Å². The van der Waals surface area contributed by atoms with Gasteiger partial charge in [0.2, 0.25) is 15.9 Å². The van der Waals surface area contributed by atoms with Crippen LogP contribution >= 0.6 is 0 Å². The van der Waals surface area contributed by atoms with Crippen LogP contribution in [-0.4, -0.2) is 33.3 Å². The standard InChI is InChI=1S/C22H30N2O3S/c1-22(2,3)19-11-6-18(7-12-19)16-24(5)21(25)15-10-17-8-13-20(14-9-17)28(26,27)23-4/h6-9,11-14,23H,10,15-16H2,1-5H3. The lowest BCUT2D eigenvalue weighted by molar-refractivity contribution is -0.130. The molecule has 0 heterocycles. The van der Waals surface area contributed by atoms with Crippen LogP contribution in [0.5, 0.6) is 0 Å². The molecule has 0 bridgehead atoms. The van der Waals surface area contributed by atoms with E-state index in [1.54, 1.807) is 29.2 Å². The average Bonchev–Trinajstić information content (AvgIpc) is 2.66. The van der Waals surface area contributed by atoms with E-state index in [0.717, 1.165) is 11.1 Å². The van der Waals surface area contributed by atoms with Crippen molar-refractivity contribution in [2.75, 3.05) is 14.1 Å². The smallest absolute Gasteiger partial charge is 0.240 e. The molecule has 2 rings (SSSR count). The summed E-state index contributed by atoms with van der Waals surface area (Å²) in [6, 6.07) is 15.0. The zero-order chi connectivity index (χ0) is 20.9. The lowest BCUT2D eigenvalue weighted by atomic mass is 9.87. The van der Waals surface area contributed by atoms with Crippen LogP contribution in [0.1, 0.15) is 43.9 Å². The number of benzene rings is 2. The van der Waals surface area contributed by atoms with Gasteiger partial charge in [-0.25, -0.2) is 13.1 Å². The van der Waals surface area contributed by atoms with Crippen LogP contribution in [-0.2, 0) is 33.2 Å². The maximum Gasteiger partial charge on any atom is 0.240 e. The van der Waals surface area contributed by atoms with Crippen molar-refractivity contribution in [2.45, 2.75) is 50.5 Å². The molecule has 0 saturated carbocycles. The molecule has 0 unspecified atom stereocenters. The Kier molecular flexibility index (Phi) is 7.01. The van der Waals surface area contributed by atoms with Gasteiger partial charge < -0.3 is 4.90 Å². The molecule has 0 saturated heterocycles. The molecule has 0 aromatic heterocycles. The second-order valence-corrected chi connectivity index (χ2v) is 9.93. The minimum atomic E-state index is -3.43. The molecule has 6 heteroatoms. The van der Waals surface area contributed by atoms with Crippen molar-refractivity contribution < 1.29 is 13.2 Å². The van der Waals surface area contributed by atoms with Gasteiger partial charge in [-0.05, 0) is 47.7 Å². The Labute approximate surface area is 168 Å². The third kappa shape index (κ3) is 5.91. The summed E-state index contributed by atoms with van der Waals surface area (Å²) in [7, 11) is -0.240. The number of hydrogen-bond donors (Lipinski definition) is 1. The van der Waals surface area contributed by atoms with E-state index in [1.807, 2.05) is 7.05 Å². The first-order valence-electron chi connectivity index (χ1n) is 9.39. The highest BCUT2D eigenvalue weighted by Crippen LogP contribution is 2.22. The number of sulfonamides is 1. The van der Waals surface area contributed by atoms with Crippen LogP contribution in [0.25, 0.3) is 0 Å². The van der Waals surface area contributed by atoms with Gasteiger partial charge in [0.15, 0.2) is 0 Å². The van der Waals surface area contributed by atoms with Gasteiger partial charge in [-0.3, -0.25) is 4.79 Å². The number of carbonyl (C=O) groups is 1.